The fraction of sp³-hybridized carbons (Fsp3) is 0.429. The first kappa shape index (κ1) is 23.2. The number of guanidine groups is 1. The second-order valence-electron chi connectivity index (χ2n) is 6.73. The van der Waals surface area contributed by atoms with Gasteiger partial charge in [-0.15, -0.1) is 24.0 Å². The van der Waals surface area contributed by atoms with Crippen LogP contribution in [0, 0.1) is 0 Å². The number of halogens is 1. The van der Waals surface area contributed by atoms with Crippen molar-refractivity contribution in [2.75, 3.05) is 25.0 Å². The van der Waals surface area contributed by atoms with E-state index in [-0.39, 0.29) is 36.0 Å². The average molecular weight is 511 g/mol. The summed E-state index contributed by atoms with van der Waals surface area (Å²) in [6.45, 7) is 5.71. The minimum absolute atomic E-state index is 0. The van der Waals surface area contributed by atoms with Crippen molar-refractivity contribution in [2.24, 2.45) is 4.99 Å². The quantitative estimate of drug-likeness (QED) is 0.289. The fourth-order valence-electron chi connectivity index (χ4n) is 3.09. The van der Waals surface area contributed by atoms with Gasteiger partial charge in [0, 0.05) is 44.3 Å². The predicted molar refractivity (Wildman–Crippen MR) is 127 cm³/mol. The highest BCUT2D eigenvalue weighted by Crippen LogP contribution is 2.16. The summed E-state index contributed by atoms with van der Waals surface area (Å²) < 4.78 is 7.56. The summed E-state index contributed by atoms with van der Waals surface area (Å²) in [7, 11) is 0. The molecule has 1 aliphatic heterocycles. The molecule has 3 rings (SSSR count). The maximum atomic E-state index is 12.2. The number of ether oxygens (including phenoxy) is 1. The van der Waals surface area contributed by atoms with Crippen molar-refractivity contribution in [2.45, 2.75) is 39.0 Å². The Labute approximate surface area is 189 Å². The van der Waals surface area contributed by atoms with Gasteiger partial charge in [0.2, 0.25) is 0 Å². The zero-order valence-corrected chi connectivity index (χ0v) is 19.1. The molecule has 1 aromatic heterocycles. The molecule has 1 amide bonds. The fourth-order valence-corrected chi connectivity index (χ4v) is 3.09. The zero-order valence-electron chi connectivity index (χ0n) is 16.8. The van der Waals surface area contributed by atoms with Crippen LogP contribution >= 0.6 is 24.0 Å². The van der Waals surface area contributed by atoms with Crippen LogP contribution in [0.1, 0.15) is 25.3 Å². The first-order chi connectivity index (χ1) is 13.7. The van der Waals surface area contributed by atoms with Crippen molar-refractivity contribution < 1.29 is 9.53 Å². The van der Waals surface area contributed by atoms with Crippen LogP contribution < -0.4 is 16.0 Å². The standard InChI is InChI=1S/C21H29N5O2.HI/c1-2-22-21(23-10-13-26-11-3-4-12-26)24-16-17-7-5-8-18(15-17)25-20(27)19-9-6-14-28-19;/h3-5,7-8,11-12,15,19H,2,6,9-10,13-14,16H2,1H3,(H,25,27)(H2,22,23,24);1H. The molecule has 0 bridgehead atoms. The summed E-state index contributed by atoms with van der Waals surface area (Å²) in [6, 6.07) is 11.8. The molecule has 1 saturated heterocycles. The lowest BCUT2D eigenvalue weighted by atomic mass is 10.2. The van der Waals surface area contributed by atoms with Crippen molar-refractivity contribution in [1.29, 1.82) is 0 Å². The van der Waals surface area contributed by atoms with Crippen LogP contribution in [0.15, 0.2) is 53.8 Å². The maximum Gasteiger partial charge on any atom is 0.253 e. The zero-order chi connectivity index (χ0) is 19.6. The van der Waals surface area contributed by atoms with Crippen LogP contribution in [0.3, 0.4) is 0 Å². The Bertz CT molecular complexity index is 773. The van der Waals surface area contributed by atoms with E-state index >= 15 is 0 Å². The smallest absolute Gasteiger partial charge is 0.253 e. The van der Waals surface area contributed by atoms with Gasteiger partial charge in [-0.2, -0.15) is 0 Å². The number of nitrogens with zero attached hydrogens (tertiary/aromatic N) is 2. The molecule has 158 valence electrons. The highest BCUT2D eigenvalue weighted by atomic mass is 127. The number of amides is 1. The number of aliphatic imine (C=N–C) groups is 1. The maximum absolute atomic E-state index is 12.2. The molecule has 29 heavy (non-hydrogen) atoms. The Morgan fingerprint density at radius 1 is 1.24 bits per heavy atom. The van der Waals surface area contributed by atoms with E-state index in [2.05, 4.69) is 25.5 Å². The van der Waals surface area contributed by atoms with Gasteiger partial charge in [-0.25, -0.2) is 4.99 Å². The van der Waals surface area contributed by atoms with Gasteiger partial charge in [-0.3, -0.25) is 4.79 Å². The Kier molecular flexibility index (Phi) is 9.99. The van der Waals surface area contributed by atoms with E-state index < -0.39 is 0 Å². The monoisotopic (exact) mass is 511 g/mol. The third-order valence-electron chi connectivity index (χ3n) is 4.51. The molecule has 8 heteroatoms. The third kappa shape index (κ3) is 7.69. The van der Waals surface area contributed by atoms with E-state index in [1.54, 1.807) is 0 Å². The number of hydrogen-bond acceptors (Lipinski definition) is 3. The largest absolute Gasteiger partial charge is 0.368 e. The Hall–Kier alpha value is -2.07. The minimum Gasteiger partial charge on any atom is -0.368 e. The van der Waals surface area contributed by atoms with E-state index in [9.17, 15) is 4.79 Å². The summed E-state index contributed by atoms with van der Waals surface area (Å²) in [6.07, 6.45) is 5.49. The molecule has 1 aliphatic rings. The number of carbonyl (C=O) groups is 1. The molecule has 0 spiro atoms. The van der Waals surface area contributed by atoms with E-state index in [0.29, 0.717) is 13.2 Å². The van der Waals surface area contributed by atoms with Gasteiger partial charge in [-0.1, -0.05) is 12.1 Å². The van der Waals surface area contributed by atoms with Crippen molar-refractivity contribution in [3.8, 4) is 0 Å². The number of carbonyl (C=O) groups excluding carboxylic acids is 1. The highest BCUT2D eigenvalue weighted by Gasteiger charge is 2.23. The molecular formula is C21H30IN5O2. The lowest BCUT2D eigenvalue weighted by Crippen LogP contribution is -2.38. The molecule has 2 heterocycles. The first-order valence-corrected chi connectivity index (χ1v) is 9.89. The minimum atomic E-state index is -0.327. The van der Waals surface area contributed by atoms with Gasteiger partial charge in [-0.05, 0) is 49.6 Å². The second kappa shape index (κ2) is 12.5. The molecular weight excluding hydrogens is 481 g/mol. The number of benzene rings is 1. The van der Waals surface area contributed by atoms with Gasteiger partial charge in [0.25, 0.3) is 5.91 Å². The van der Waals surface area contributed by atoms with Crippen LogP contribution in [-0.2, 0) is 22.6 Å². The van der Waals surface area contributed by atoms with E-state index in [1.165, 1.54) is 0 Å². The SMILES string of the molecule is CCNC(=NCc1cccc(NC(=O)C2CCCO2)c1)NCCn1cccc1.I. The number of anilines is 1. The van der Waals surface area contributed by atoms with Crippen LogP contribution in [0.2, 0.25) is 0 Å². The Morgan fingerprint density at radius 2 is 2.07 bits per heavy atom. The highest BCUT2D eigenvalue weighted by molar-refractivity contribution is 14.0. The van der Waals surface area contributed by atoms with Gasteiger partial charge < -0.3 is 25.3 Å². The average Bonchev–Trinajstić information content (AvgIpc) is 3.40. The lowest BCUT2D eigenvalue weighted by molar-refractivity contribution is -0.124. The second-order valence-corrected chi connectivity index (χ2v) is 6.73. The van der Waals surface area contributed by atoms with Gasteiger partial charge in [0.1, 0.15) is 6.10 Å². The number of hydrogen-bond donors (Lipinski definition) is 3. The summed E-state index contributed by atoms with van der Waals surface area (Å²) in [5, 5.41) is 9.55. The molecule has 7 nitrogen and oxygen atoms in total. The molecule has 1 unspecified atom stereocenters. The third-order valence-corrected chi connectivity index (χ3v) is 4.51. The molecule has 0 radical (unpaired) electrons. The summed E-state index contributed by atoms with van der Waals surface area (Å²) >= 11 is 0. The molecule has 1 aromatic carbocycles. The number of aromatic nitrogens is 1. The van der Waals surface area contributed by atoms with Crippen LogP contribution in [0.5, 0.6) is 0 Å². The first-order valence-electron chi connectivity index (χ1n) is 9.89. The number of nitrogens with one attached hydrogen (secondary N) is 3. The lowest BCUT2D eigenvalue weighted by Gasteiger charge is -2.13. The molecule has 2 aromatic rings. The van der Waals surface area contributed by atoms with E-state index in [4.69, 9.17) is 4.74 Å². The van der Waals surface area contributed by atoms with Gasteiger partial charge in [0.15, 0.2) is 5.96 Å². The summed E-state index contributed by atoms with van der Waals surface area (Å²) in [5.74, 6) is 0.710. The van der Waals surface area contributed by atoms with Crippen LogP contribution in [0.25, 0.3) is 0 Å². The Balaban J connectivity index is 0.00000300. The van der Waals surface area contributed by atoms with Crippen molar-refractivity contribution >= 4 is 41.5 Å². The summed E-state index contributed by atoms with van der Waals surface area (Å²) in [5.41, 5.74) is 1.81. The van der Waals surface area contributed by atoms with Crippen molar-refractivity contribution in [1.82, 2.24) is 15.2 Å². The summed E-state index contributed by atoms with van der Waals surface area (Å²) in [4.78, 5) is 16.9. The predicted octanol–water partition coefficient (Wildman–Crippen LogP) is 2.98. The van der Waals surface area contributed by atoms with E-state index in [0.717, 1.165) is 49.7 Å². The molecule has 0 aliphatic carbocycles. The molecule has 3 N–H and O–H groups in total. The van der Waals surface area contributed by atoms with E-state index in [1.807, 2.05) is 55.7 Å². The van der Waals surface area contributed by atoms with Crippen molar-refractivity contribution in [3.05, 3.63) is 54.4 Å². The van der Waals surface area contributed by atoms with Crippen LogP contribution in [-0.4, -0.2) is 42.2 Å². The molecule has 0 saturated carbocycles. The van der Waals surface area contributed by atoms with Crippen LogP contribution in [0.4, 0.5) is 5.69 Å². The number of rotatable bonds is 8. The molecule has 1 fully saturated rings. The normalized spacial score (nSPS) is 16.2. The molecule has 1 atom stereocenters. The topological polar surface area (TPSA) is 79.7 Å². The van der Waals surface area contributed by atoms with Gasteiger partial charge >= 0.3 is 0 Å². The van der Waals surface area contributed by atoms with Gasteiger partial charge in [0.05, 0.1) is 6.54 Å². The Morgan fingerprint density at radius 3 is 2.79 bits per heavy atom. The van der Waals surface area contributed by atoms with Crippen molar-refractivity contribution in [3.63, 3.8) is 0 Å².